The highest BCUT2D eigenvalue weighted by Gasteiger charge is 2.55. The van der Waals surface area contributed by atoms with Crippen LogP contribution in [-0.4, -0.2) is 46.7 Å². The molecule has 0 aromatic heterocycles. The number of ether oxygens (including phenoxy) is 1. The number of fused-ring (bicyclic) bond motifs is 1. The largest absolute Gasteiger partial charge is 0.454 e. The van der Waals surface area contributed by atoms with Crippen molar-refractivity contribution in [2.75, 3.05) is 13.2 Å². The van der Waals surface area contributed by atoms with Crippen LogP contribution in [0.4, 0.5) is 0 Å². The lowest BCUT2D eigenvalue weighted by Gasteiger charge is -2.59. The van der Waals surface area contributed by atoms with E-state index >= 15 is 0 Å². The van der Waals surface area contributed by atoms with Gasteiger partial charge in [0.2, 0.25) is 0 Å². The van der Waals surface area contributed by atoms with E-state index in [0.29, 0.717) is 5.92 Å². The van der Waals surface area contributed by atoms with E-state index in [0.717, 1.165) is 37.7 Å². The number of carbonyl (C=O) groups is 1. The summed E-state index contributed by atoms with van der Waals surface area (Å²) in [6.07, 6.45) is 7.30. The molecule has 0 aliphatic heterocycles. The Bertz CT molecular complexity index is 620. The van der Waals surface area contributed by atoms with Crippen molar-refractivity contribution >= 4 is 5.97 Å². The summed E-state index contributed by atoms with van der Waals surface area (Å²) >= 11 is 0. The molecule has 160 valence electrons. The van der Waals surface area contributed by atoms with Crippen molar-refractivity contribution in [2.24, 2.45) is 22.7 Å². The quantitative estimate of drug-likeness (QED) is 0.350. The van der Waals surface area contributed by atoms with Crippen LogP contribution in [0.15, 0.2) is 23.3 Å². The molecule has 0 heterocycles. The van der Waals surface area contributed by atoms with E-state index in [-0.39, 0.29) is 22.9 Å². The van der Waals surface area contributed by atoms with Gasteiger partial charge in [-0.1, -0.05) is 38.0 Å². The van der Waals surface area contributed by atoms with Crippen molar-refractivity contribution in [1.29, 1.82) is 0 Å². The van der Waals surface area contributed by atoms with Crippen LogP contribution < -0.4 is 0 Å². The molecule has 0 unspecified atom stereocenters. The van der Waals surface area contributed by atoms with Crippen molar-refractivity contribution in [3.8, 4) is 0 Å². The minimum Gasteiger partial charge on any atom is -0.454 e. The van der Waals surface area contributed by atoms with Crippen LogP contribution in [0.5, 0.6) is 0 Å². The molecule has 0 saturated heterocycles. The van der Waals surface area contributed by atoms with E-state index < -0.39 is 25.3 Å². The number of aliphatic hydroxyl groups excluding tert-OH is 3. The van der Waals surface area contributed by atoms with Gasteiger partial charge in [-0.15, -0.1) is 0 Å². The third-order valence-electron chi connectivity index (χ3n) is 7.73. The lowest BCUT2D eigenvalue weighted by atomic mass is 9.46. The molecule has 3 N–H and O–H groups in total. The molecule has 0 spiro atoms. The Morgan fingerprint density at radius 1 is 1.36 bits per heavy atom. The zero-order valence-electron chi connectivity index (χ0n) is 18.1. The first-order chi connectivity index (χ1) is 13.1. The second kappa shape index (κ2) is 9.10. The first kappa shape index (κ1) is 23.1. The summed E-state index contributed by atoms with van der Waals surface area (Å²) in [5.41, 5.74) is 2.33. The SMILES string of the molecule is CC1=CCC[C@H]2[C@](C)(CC/C(C)=C/C(=O)OC(CO)CO)[C@@H](C)[C@@H](O)C[C@]12C. The van der Waals surface area contributed by atoms with E-state index in [1.165, 1.54) is 11.6 Å². The molecule has 1 saturated carbocycles. The molecule has 2 aliphatic carbocycles. The van der Waals surface area contributed by atoms with Gasteiger partial charge in [0.25, 0.3) is 0 Å². The Morgan fingerprint density at radius 3 is 2.61 bits per heavy atom. The van der Waals surface area contributed by atoms with Crippen molar-refractivity contribution in [3.63, 3.8) is 0 Å². The predicted molar refractivity (Wildman–Crippen MR) is 110 cm³/mol. The van der Waals surface area contributed by atoms with E-state index in [1.54, 1.807) is 0 Å². The fraction of sp³-hybridized carbons (Fsp3) is 0.783. The maximum atomic E-state index is 12.0. The number of rotatable bonds is 7. The van der Waals surface area contributed by atoms with Crippen LogP contribution in [0.25, 0.3) is 0 Å². The number of allylic oxidation sites excluding steroid dienone is 3. The van der Waals surface area contributed by atoms with Gasteiger partial charge in [0, 0.05) is 6.08 Å². The lowest BCUT2D eigenvalue weighted by Crippen LogP contribution is -2.55. The van der Waals surface area contributed by atoms with Crippen LogP contribution in [0, 0.1) is 22.7 Å². The molecule has 5 atom stereocenters. The van der Waals surface area contributed by atoms with Crippen LogP contribution >= 0.6 is 0 Å². The van der Waals surface area contributed by atoms with Crippen molar-refractivity contribution in [3.05, 3.63) is 23.3 Å². The zero-order chi connectivity index (χ0) is 21.1. The molecule has 28 heavy (non-hydrogen) atoms. The Kier molecular flexibility index (Phi) is 7.51. The summed E-state index contributed by atoms with van der Waals surface area (Å²) in [4.78, 5) is 12.0. The van der Waals surface area contributed by atoms with Crippen LogP contribution in [0.1, 0.15) is 66.7 Å². The molecule has 2 rings (SSSR count). The lowest BCUT2D eigenvalue weighted by molar-refractivity contribution is -0.147. The standard InChI is InChI=1S/C23H38O5/c1-15(11-21(27)28-18(13-24)14-25)9-10-22(4)17(3)19(26)12-23(5)16(2)7-6-8-20(22)23/h7,11,17-20,24-26H,6,8-10,12-14H2,1-5H3/b15-11+/t17-,19-,20-,22+,23+/m0/s1. The van der Waals surface area contributed by atoms with Gasteiger partial charge < -0.3 is 20.1 Å². The minimum absolute atomic E-state index is 0.0142. The highest BCUT2D eigenvalue weighted by molar-refractivity contribution is 5.82. The molecular formula is C23H38O5. The maximum Gasteiger partial charge on any atom is 0.331 e. The Balaban J connectivity index is 2.13. The number of esters is 1. The predicted octanol–water partition coefficient (Wildman–Crippen LogP) is 3.38. The van der Waals surface area contributed by atoms with E-state index in [9.17, 15) is 9.90 Å². The van der Waals surface area contributed by atoms with Crippen molar-refractivity contribution in [1.82, 2.24) is 0 Å². The molecule has 0 bridgehead atoms. The number of aliphatic hydroxyl groups is 3. The highest BCUT2D eigenvalue weighted by atomic mass is 16.6. The van der Waals surface area contributed by atoms with E-state index in [4.69, 9.17) is 14.9 Å². The monoisotopic (exact) mass is 394 g/mol. The smallest absolute Gasteiger partial charge is 0.331 e. The summed E-state index contributed by atoms with van der Waals surface area (Å²) in [5, 5.41) is 28.9. The molecule has 0 radical (unpaired) electrons. The van der Waals surface area contributed by atoms with Gasteiger partial charge in [0.1, 0.15) is 6.10 Å². The maximum absolute atomic E-state index is 12.0. The zero-order valence-corrected chi connectivity index (χ0v) is 18.1. The molecular weight excluding hydrogens is 356 g/mol. The van der Waals surface area contributed by atoms with E-state index in [1.807, 2.05) is 6.92 Å². The molecule has 2 aliphatic rings. The topological polar surface area (TPSA) is 87.0 Å². The Labute approximate surface area is 169 Å². The second-order valence-corrected chi connectivity index (χ2v) is 9.42. The third-order valence-corrected chi connectivity index (χ3v) is 7.73. The number of hydrogen-bond acceptors (Lipinski definition) is 5. The fourth-order valence-electron chi connectivity index (χ4n) is 5.49. The molecule has 1 fully saturated rings. The highest BCUT2D eigenvalue weighted by Crippen LogP contribution is 2.61. The van der Waals surface area contributed by atoms with Gasteiger partial charge in [-0.25, -0.2) is 4.79 Å². The van der Waals surface area contributed by atoms with Crippen molar-refractivity contribution in [2.45, 2.75) is 78.9 Å². The van der Waals surface area contributed by atoms with Gasteiger partial charge >= 0.3 is 5.97 Å². The molecule has 0 aromatic carbocycles. The first-order valence-corrected chi connectivity index (χ1v) is 10.5. The molecule has 5 heteroatoms. The van der Waals surface area contributed by atoms with Gasteiger partial charge in [-0.05, 0) is 68.6 Å². The summed E-state index contributed by atoms with van der Waals surface area (Å²) in [7, 11) is 0. The van der Waals surface area contributed by atoms with E-state index in [2.05, 4.69) is 33.8 Å². The average Bonchev–Trinajstić information content (AvgIpc) is 2.64. The number of carbonyl (C=O) groups excluding carboxylic acids is 1. The summed E-state index contributed by atoms with van der Waals surface area (Å²) in [6.45, 7) is 10.1. The average molecular weight is 395 g/mol. The van der Waals surface area contributed by atoms with Gasteiger partial charge in [0.15, 0.2) is 0 Å². The minimum atomic E-state index is -0.875. The molecule has 5 nitrogen and oxygen atoms in total. The summed E-state index contributed by atoms with van der Waals surface area (Å²) < 4.78 is 5.03. The van der Waals surface area contributed by atoms with Crippen LogP contribution in [0.2, 0.25) is 0 Å². The summed E-state index contributed by atoms with van der Waals surface area (Å²) in [5.74, 6) is 0.175. The molecule has 0 aromatic rings. The van der Waals surface area contributed by atoms with Gasteiger partial charge in [-0.3, -0.25) is 0 Å². The van der Waals surface area contributed by atoms with Crippen molar-refractivity contribution < 1.29 is 24.9 Å². The third kappa shape index (κ3) is 4.52. The van der Waals surface area contributed by atoms with Crippen LogP contribution in [0.3, 0.4) is 0 Å². The first-order valence-electron chi connectivity index (χ1n) is 10.5. The van der Waals surface area contributed by atoms with Gasteiger partial charge in [-0.2, -0.15) is 0 Å². The Morgan fingerprint density at radius 2 is 2.00 bits per heavy atom. The number of hydrogen-bond donors (Lipinski definition) is 3. The van der Waals surface area contributed by atoms with Gasteiger partial charge in [0.05, 0.1) is 19.3 Å². The summed E-state index contributed by atoms with van der Waals surface area (Å²) in [6, 6.07) is 0. The Hall–Kier alpha value is -1.17. The fourth-order valence-corrected chi connectivity index (χ4v) is 5.49. The molecule has 0 amide bonds. The van der Waals surface area contributed by atoms with Crippen LogP contribution in [-0.2, 0) is 9.53 Å². The second-order valence-electron chi connectivity index (χ2n) is 9.42. The normalized spacial score (nSPS) is 36.1.